The molecule has 21 heavy (non-hydrogen) atoms. The van der Waals surface area contributed by atoms with E-state index in [0.29, 0.717) is 12.0 Å². The van der Waals surface area contributed by atoms with Crippen molar-refractivity contribution in [2.24, 2.45) is 5.92 Å². The molecule has 0 saturated heterocycles. The number of rotatable bonds is 7. The van der Waals surface area contributed by atoms with E-state index in [-0.39, 0.29) is 0 Å². The second-order valence-electron chi connectivity index (χ2n) is 6.36. The Hall–Kier alpha value is -0.670. The van der Waals surface area contributed by atoms with Crippen molar-refractivity contribution in [2.75, 3.05) is 12.3 Å². The van der Waals surface area contributed by atoms with Crippen LogP contribution in [0.4, 0.5) is 0 Å². The summed E-state index contributed by atoms with van der Waals surface area (Å²) < 4.78 is 12.6. The maximum atomic E-state index is 12.6. The molecule has 3 atom stereocenters. The van der Waals surface area contributed by atoms with E-state index in [2.05, 4.69) is 44.3 Å². The molecule has 0 heterocycles. The summed E-state index contributed by atoms with van der Waals surface area (Å²) >= 11 is 0. The van der Waals surface area contributed by atoms with Crippen LogP contribution in [0, 0.1) is 19.8 Å². The molecule has 1 saturated carbocycles. The molecule has 3 unspecified atom stereocenters. The molecule has 0 aromatic heterocycles. The van der Waals surface area contributed by atoms with Crippen molar-refractivity contribution in [1.82, 2.24) is 5.32 Å². The minimum atomic E-state index is -0.850. The molecular formula is C18H29NOS. The Labute approximate surface area is 132 Å². The van der Waals surface area contributed by atoms with Crippen molar-refractivity contribution in [3.05, 3.63) is 29.3 Å². The van der Waals surface area contributed by atoms with Crippen molar-refractivity contribution in [3.63, 3.8) is 0 Å². The first kappa shape index (κ1) is 16.7. The number of nitrogens with one attached hydrogen (secondary N) is 1. The van der Waals surface area contributed by atoms with Crippen molar-refractivity contribution in [1.29, 1.82) is 0 Å². The Bertz CT molecular complexity index is 486. The first-order valence-corrected chi connectivity index (χ1v) is 9.62. The summed E-state index contributed by atoms with van der Waals surface area (Å²) in [4.78, 5) is 1.03. The van der Waals surface area contributed by atoms with Gasteiger partial charge in [0, 0.05) is 16.7 Å². The normalized spacial score (nSPS) is 23.4. The smallest absolute Gasteiger partial charge is 0.0532 e. The number of benzene rings is 1. The molecule has 1 N–H and O–H groups in total. The summed E-state index contributed by atoms with van der Waals surface area (Å²) in [6.45, 7) is 7.46. The van der Waals surface area contributed by atoms with E-state index in [4.69, 9.17) is 0 Å². The largest absolute Gasteiger partial charge is 0.314 e. The van der Waals surface area contributed by atoms with Gasteiger partial charge in [-0.15, -0.1) is 0 Å². The maximum Gasteiger partial charge on any atom is 0.0532 e. The molecule has 1 aromatic rings. The van der Waals surface area contributed by atoms with E-state index in [0.717, 1.165) is 29.2 Å². The maximum absolute atomic E-state index is 12.6. The third-order valence-electron chi connectivity index (χ3n) is 4.58. The first-order chi connectivity index (χ1) is 10.1. The molecule has 3 heteroatoms. The Balaban J connectivity index is 1.90. The Morgan fingerprint density at radius 2 is 2.10 bits per heavy atom. The Kier molecular flexibility index (Phi) is 6.43. The highest BCUT2D eigenvalue weighted by Gasteiger charge is 2.26. The highest BCUT2D eigenvalue weighted by atomic mass is 32.2. The molecule has 118 valence electrons. The lowest BCUT2D eigenvalue weighted by atomic mass is 10.0. The second-order valence-corrected chi connectivity index (χ2v) is 7.90. The molecule has 1 aliphatic rings. The van der Waals surface area contributed by atoms with Crippen molar-refractivity contribution in [3.8, 4) is 0 Å². The highest BCUT2D eigenvalue weighted by Crippen LogP contribution is 2.29. The number of hydrogen-bond donors (Lipinski definition) is 1. The molecule has 1 aromatic carbocycles. The lowest BCUT2D eigenvalue weighted by Gasteiger charge is -2.20. The molecular weight excluding hydrogens is 278 g/mol. The van der Waals surface area contributed by atoms with E-state index >= 15 is 0 Å². The zero-order valence-corrected chi connectivity index (χ0v) is 14.5. The molecule has 2 nitrogen and oxygen atoms in total. The number of hydrogen-bond acceptors (Lipinski definition) is 2. The highest BCUT2D eigenvalue weighted by molar-refractivity contribution is 7.85. The van der Waals surface area contributed by atoms with Gasteiger partial charge in [0.1, 0.15) is 0 Å². The standard InChI is InChI=1S/C18H29NOS/c1-4-11-19-17-7-5-6-16(17)10-12-21(20)18-13-14(2)8-9-15(18)3/h8-9,13,16-17,19H,4-7,10-12H2,1-3H3. The van der Waals surface area contributed by atoms with Gasteiger partial charge in [0.25, 0.3) is 0 Å². The molecule has 1 aliphatic carbocycles. The van der Waals surface area contributed by atoms with Crippen LogP contribution < -0.4 is 5.32 Å². The quantitative estimate of drug-likeness (QED) is 0.826. The summed E-state index contributed by atoms with van der Waals surface area (Å²) in [5.41, 5.74) is 2.36. The molecule has 0 aliphatic heterocycles. The van der Waals surface area contributed by atoms with Crippen LogP contribution in [0.5, 0.6) is 0 Å². The molecule has 1 fully saturated rings. The van der Waals surface area contributed by atoms with Crippen LogP contribution in [0.25, 0.3) is 0 Å². The average molecular weight is 308 g/mol. The van der Waals surface area contributed by atoms with Gasteiger partial charge in [0.05, 0.1) is 10.8 Å². The van der Waals surface area contributed by atoms with Crippen molar-refractivity contribution in [2.45, 2.75) is 63.8 Å². The topological polar surface area (TPSA) is 29.1 Å². The third-order valence-corrected chi connectivity index (χ3v) is 6.12. The Morgan fingerprint density at radius 1 is 1.29 bits per heavy atom. The van der Waals surface area contributed by atoms with Gasteiger partial charge in [-0.3, -0.25) is 4.21 Å². The zero-order valence-electron chi connectivity index (χ0n) is 13.7. The van der Waals surface area contributed by atoms with Crippen LogP contribution >= 0.6 is 0 Å². The molecule has 0 amide bonds. The SMILES string of the molecule is CCCNC1CCCC1CCS(=O)c1cc(C)ccc1C. The lowest BCUT2D eigenvalue weighted by molar-refractivity contribution is 0.393. The van der Waals surface area contributed by atoms with Gasteiger partial charge >= 0.3 is 0 Å². The van der Waals surface area contributed by atoms with Crippen molar-refractivity contribution >= 4 is 10.8 Å². The minimum Gasteiger partial charge on any atom is -0.314 e. The Morgan fingerprint density at radius 3 is 2.86 bits per heavy atom. The van der Waals surface area contributed by atoms with Gasteiger partial charge in [-0.1, -0.05) is 25.5 Å². The fourth-order valence-corrected chi connectivity index (χ4v) is 4.78. The predicted octanol–water partition coefficient (Wildman–Crippen LogP) is 3.97. The summed E-state index contributed by atoms with van der Waals surface area (Å²) in [5.74, 6) is 1.52. The summed E-state index contributed by atoms with van der Waals surface area (Å²) in [7, 11) is -0.850. The zero-order chi connectivity index (χ0) is 15.2. The van der Waals surface area contributed by atoms with Gasteiger partial charge in [-0.2, -0.15) is 0 Å². The van der Waals surface area contributed by atoms with E-state index < -0.39 is 10.8 Å². The van der Waals surface area contributed by atoms with E-state index in [1.807, 2.05) is 0 Å². The van der Waals surface area contributed by atoms with Crippen LogP contribution in [-0.4, -0.2) is 22.5 Å². The predicted molar refractivity (Wildman–Crippen MR) is 91.2 cm³/mol. The van der Waals surface area contributed by atoms with E-state index in [1.54, 1.807) is 0 Å². The average Bonchev–Trinajstić information content (AvgIpc) is 2.92. The number of aryl methyl sites for hydroxylation is 2. The van der Waals surface area contributed by atoms with Crippen molar-refractivity contribution < 1.29 is 4.21 Å². The summed E-state index contributed by atoms with van der Waals surface area (Å²) in [5, 5.41) is 3.67. The van der Waals surface area contributed by atoms with Crippen LogP contribution in [-0.2, 0) is 10.8 Å². The van der Waals surface area contributed by atoms with Gasteiger partial charge in [-0.25, -0.2) is 0 Å². The fourth-order valence-electron chi connectivity index (χ4n) is 3.30. The molecule has 0 bridgehead atoms. The van der Waals surface area contributed by atoms with Gasteiger partial charge in [-0.05, 0) is 69.2 Å². The van der Waals surface area contributed by atoms with Gasteiger partial charge in [0.2, 0.25) is 0 Å². The minimum absolute atomic E-state index is 0.653. The third kappa shape index (κ3) is 4.65. The van der Waals surface area contributed by atoms with Gasteiger partial charge < -0.3 is 5.32 Å². The first-order valence-electron chi connectivity index (χ1n) is 8.30. The molecule has 0 radical (unpaired) electrons. The van der Waals surface area contributed by atoms with Crippen LogP contribution in [0.2, 0.25) is 0 Å². The van der Waals surface area contributed by atoms with Crippen LogP contribution in [0.15, 0.2) is 23.1 Å². The fraction of sp³-hybridized carbons (Fsp3) is 0.667. The van der Waals surface area contributed by atoms with E-state index in [1.165, 1.54) is 31.2 Å². The van der Waals surface area contributed by atoms with Gasteiger partial charge in [0.15, 0.2) is 0 Å². The molecule has 2 rings (SSSR count). The van der Waals surface area contributed by atoms with Crippen LogP contribution in [0.1, 0.15) is 50.2 Å². The monoisotopic (exact) mass is 307 g/mol. The molecule has 0 spiro atoms. The lowest BCUT2D eigenvalue weighted by Crippen LogP contribution is -2.33. The van der Waals surface area contributed by atoms with E-state index in [9.17, 15) is 4.21 Å². The summed E-state index contributed by atoms with van der Waals surface area (Å²) in [6, 6.07) is 6.93. The summed E-state index contributed by atoms with van der Waals surface area (Å²) in [6.07, 6.45) is 6.19. The van der Waals surface area contributed by atoms with Crippen LogP contribution in [0.3, 0.4) is 0 Å². The second kappa shape index (κ2) is 8.09.